The molecule has 0 bridgehead atoms. The summed E-state index contributed by atoms with van der Waals surface area (Å²) in [6.45, 7) is 7.62. The van der Waals surface area contributed by atoms with Crippen LogP contribution in [-0.4, -0.2) is 42.0 Å². The van der Waals surface area contributed by atoms with Crippen molar-refractivity contribution in [2.24, 2.45) is 0 Å². The average Bonchev–Trinajstić information content (AvgIpc) is 2.94. The van der Waals surface area contributed by atoms with Crippen LogP contribution in [0.1, 0.15) is 30.8 Å². The van der Waals surface area contributed by atoms with E-state index in [4.69, 9.17) is 4.74 Å². The number of aromatic nitrogens is 2. The van der Waals surface area contributed by atoms with Crippen LogP contribution in [0.2, 0.25) is 0 Å². The highest BCUT2D eigenvalue weighted by molar-refractivity contribution is 7.88. The molecule has 0 unspecified atom stereocenters. The van der Waals surface area contributed by atoms with Gasteiger partial charge in [0, 0.05) is 19.6 Å². The molecule has 1 aromatic carbocycles. The molecule has 26 heavy (non-hydrogen) atoms. The number of nitrogens with one attached hydrogen (secondary N) is 1. The second-order valence-corrected chi connectivity index (χ2v) is 8.80. The van der Waals surface area contributed by atoms with Crippen LogP contribution in [0.4, 0.5) is 0 Å². The number of hydrogen-bond acceptors (Lipinski definition) is 5. The quantitative estimate of drug-likeness (QED) is 0.794. The molecule has 1 aliphatic heterocycles. The van der Waals surface area contributed by atoms with Gasteiger partial charge in [-0.15, -0.1) is 0 Å². The Labute approximate surface area is 155 Å². The van der Waals surface area contributed by atoms with Gasteiger partial charge in [-0.25, -0.2) is 13.1 Å². The van der Waals surface area contributed by atoms with Crippen LogP contribution < -0.4 is 9.46 Å². The van der Waals surface area contributed by atoms with E-state index in [0.29, 0.717) is 0 Å². The first-order valence-corrected chi connectivity index (χ1v) is 10.7. The van der Waals surface area contributed by atoms with Crippen molar-refractivity contribution in [2.75, 3.05) is 12.8 Å². The van der Waals surface area contributed by atoms with Crippen LogP contribution in [-0.2, 0) is 36.2 Å². The Hall–Kier alpha value is -1.90. The summed E-state index contributed by atoms with van der Waals surface area (Å²) in [4.78, 5) is 2.36. The molecule has 1 N–H and O–H groups in total. The molecule has 3 rings (SSSR count). The molecule has 1 aromatic heterocycles. The maximum Gasteiger partial charge on any atom is 0.209 e. The number of sulfonamides is 1. The van der Waals surface area contributed by atoms with Crippen molar-refractivity contribution in [1.82, 2.24) is 19.4 Å². The normalized spacial score (nSPS) is 15.2. The summed E-state index contributed by atoms with van der Waals surface area (Å²) in [7, 11) is -3.21. The molecular weight excluding hydrogens is 352 g/mol. The fourth-order valence-corrected chi connectivity index (χ4v) is 3.46. The van der Waals surface area contributed by atoms with Crippen molar-refractivity contribution in [3.05, 3.63) is 47.3 Å². The van der Waals surface area contributed by atoms with E-state index in [1.807, 2.05) is 36.7 Å². The second-order valence-electron chi connectivity index (χ2n) is 6.97. The predicted octanol–water partition coefficient (Wildman–Crippen LogP) is 1.74. The molecule has 8 heteroatoms. The lowest BCUT2D eigenvalue weighted by molar-refractivity contribution is 0.204. The number of nitrogens with zero attached hydrogens (tertiary/aromatic N) is 3. The Morgan fingerprint density at radius 1 is 1.27 bits per heavy atom. The summed E-state index contributed by atoms with van der Waals surface area (Å²) >= 11 is 0. The number of fused-ring (bicyclic) bond motifs is 1. The zero-order chi connectivity index (χ0) is 18.7. The van der Waals surface area contributed by atoms with E-state index in [-0.39, 0.29) is 12.6 Å². The van der Waals surface area contributed by atoms with Crippen molar-refractivity contribution < 1.29 is 13.2 Å². The molecule has 2 aromatic rings. The Kier molecular flexibility index (Phi) is 5.64. The fourth-order valence-electron chi connectivity index (χ4n) is 3.05. The van der Waals surface area contributed by atoms with E-state index >= 15 is 0 Å². The van der Waals surface area contributed by atoms with Gasteiger partial charge in [-0.05, 0) is 37.6 Å². The predicted molar refractivity (Wildman–Crippen MR) is 100 cm³/mol. The molecule has 2 heterocycles. The van der Waals surface area contributed by atoms with Crippen molar-refractivity contribution in [3.63, 3.8) is 0 Å². The van der Waals surface area contributed by atoms with Crippen LogP contribution >= 0.6 is 0 Å². The van der Waals surface area contributed by atoms with Crippen LogP contribution in [0.3, 0.4) is 0 Å². The van der Waals surface area contributed by atoms with Gasteiger partial charge >= 0.3 is 0 Å². The Morgan fingerprint density at radius 2 is 2.08 bits per heavy atom. The minimum absolute atomic E-state index is 0.161. The number of benzene rings is 1. The lowest BCUT2D eigenvalue weighted by atomic mass is 10.2. The number of hydrogen-bond donors (Lipinski definition) is 1. The second kappa shape index (κ2) is 7.77. The molecule has 0 saturated heterocycles. The van der Waals surface area contributed by atoms with Gasteiger partial charge in [0.2, 0.25) is 10.0 Å². The van der Waals surface area contributed by atoms with Gasteiger partial charge in [-0.3, -0.25) is 9.58 Å². The Bertz CT molecular complexity index is 861. The summed E-state index contributed by atoms with van der Waals surface area (Å²) in [5, 5.41) is 4.49. The zero-order valence-electron chi connectivity index (χ0n) is 15.5. The maximum atomic E-state index is 11.2. The summed E-state index contributed by atoms with van der Waals surface area (Å²) in [6, 6.07) is 10.2. The summed E-state index contributed by atoms with van der Waals surface area (Å²) < 4.78 is 32.7. The SMILES string of the molecule is CC(C)Oc1cccc(CN2CCn3nc(CNS(C)(=O)=O)cc3C2)c1. The average molecular weight is 378 g/mol. The first-order chi connectivity index (χ1) is 12.3. The molecule has 0 amide bonds. The Balaban J connectivity index is 1.62. The molecule has 0 radical (unpaired) electrons. The van der Waals surface area contributed by atoms with Crippen LogP contribution in [0, 0.1) is 0 Å². The van der Waals surface area contributed by atoms with Crippen LogP contribution in [0.5, 0.6) is 5.75 Å². The first-order valence-electron chi connectivity index (χ1n) is 8.77. The van der Waals surface area contributed by atoms with E-state index in [0.717, 1.165) is 49.6 Å². The number of ether oxygens (including phenoxy) is 1. The molecule has 0 atom stereocenters. The largest absolute Gasteiger partial charge is 0.491 e. The highest BCUT2D eigenvalue weighted by Gasteiger charge is 2.19. The number of rotatable bonds is 7. The van der Waals surface area contributed by atoms with E-state index in [1.54, 1.807) is 0 Å². The molecule has 1 aliphatic rings. The van der Waals surface area contributed by atoms with Crippen molar-refractivity contribution in [2.45, 2.75) is 46.1 Å². The molecule has 142 valence electrons. The van der Waals surface area contributed by atoms with Crippen molar-refractivity contribution >= 4 is 10.0 Å². The summed E-state index contributed by atoms with van der Waals surface area (Å²) in [5.74, 6) is 0.897. The summed E-state index contributed by atoms with van der Waals surface area (Å²) in [5.41, 5.74) is 3.07. The van der Waals surface area contributed by atoms with E-state index in [9.17, 15) is 8.42 Å². The molecule has 0 saturated carbocycles. The molecule has 0 aliphatic carbocycles. The van der Waals surface area contributed by atoms with Crippen LogP contribution in [0.25, 0.3) is 0 Å². The van der Waals surface area contributed by atoms with Gasteiger partial charge < -0.3 is 4.74 Å². The fraction of sp³-hybridized carbons (Fsp3) is 0.500. The minimum Gasteiger partial charge on any atom is -0.491 e. The van der Waals surface area contributed by atoms with Gasteiger partial charge in [0.25, 0.3) is 0 Å². The molecule has 0 fully saturated rings. The third kappa shape index (κ3) is 5.30. The van der Waals surface area contributed by atoms with Gasteiger partial charge in [-0.2, -0.15) is 5.10 Å². The van der Waals surface area contributed by atoms with Gasteiger partial charge in [0.15, 0.2) is 0 Å². The van der Waals surface area contributed by atoms with Gasteiger partial charge in [0.05, 0.1) is 36.8 Å². The maximum absolute atomic E-state index is 11.2. The first kappa shape index (κ1) is 18.9. The monoisotopic (exact) mass is 378 g/mol. The van der Waals surface area contributed by atoms with Gasteiger partial charge in [-0.1, -0.05) is 12.1 Å². The van der Waals surface area contributed by atoms with Crippen molar-refractivity contribution in [3.8, 4) is 5.75 Å². The smallest absolute Gasteiger partial charge is 0.209 e. The minimum atomic E-state index is -3.21. The van der Waals surface area contributed by atoms with Crippen molar-refractivity contribution in [1.29, 1.82) is 0 Å². The third-order valence-corrected chi connectivity index (χ3v) is 4.79. The van der Waals surface area contributed by atoms with Crippen LogP contribution in [0.15, 0.2) is 30.3 Å². The molecule has 7 nitrogen and oxygen atoms in total. The summed E-state index contributed by atoms with van der Waals surface area (Å²) in [6.07, 6.45) is 1.32. The third-order valence-electron chi connectivity index (χ3n) is 4.12. The lowest BCUT2D eigenvalue weighted by Gasteiger charge is -2.27. The van der Waals surface area contributed by atoms with E-state index in [1.165, 1.54) is 5.56 Å². The zero-order valence-corrected chi connectivity index (χ0v) is 16.3. The van der Waals surface area contributed by atoms with E-state index in [2.05, 4.69) is 26.9 Å². The lowest BCUT2D eigenvalue weighted by Crippen LogP contribution is -2.33. The topological polar surface area (TPSA) is 76.5 Å². The Morgan fingerprint density at radius 3 is 2.81 bits per heavy atom. The molecule has 0 spiro atoms. The standard InChI is InChI=1S/C18H26N4O3S/c1-14(2)25-18-6-4-5-15(9-18)12-21-7-8-22-17(13-21)10-16(20-22)11-19-26(3,23)24/h4-6,9-10,14,19H,7-8,11-13H2,1-3H3. The van der Waals surface area contributed by atoms with Gasteiger partial charge in [0.1, 0.15) is 5.75 Å². The highest BCUT2D eigenvalue weighted by atomic mass is 32.2. The highest BCUT2D eigenvalue weighted by Crippen LogP contribution is 2.20. The van der Waals surface area contributed by atoms with E-state index < -0.39 is 10.0 Å². The molecular formula is C18H26N4O3S.